The first-order valence-corrected chi connectivity index (χ1v) is 8.26. The first-order valence-electron chi connectivity index (χ1n) is 8.26. The molecule has 0 saturated heterocycles. The van der Waals surface area contributed by atoms with Gasteiger partial charge >= 0.3 is 0 Å². The fourth-order valence-electron chi connectivity index (χ4n) is 3.07. The van der Waals surface area contributed by atoms with Crippen molar-refractivity contribution in [3.63, 3.8) is 0 Å². The van der Waals surface area contributed by atoms with Gasteiger partial charge in [0.05, 0.1) is 12.6 Å². The van der Waals surface area contributed by atoms with E-state index in [2.05, 4.69) is 0 Å². The van der Waals surface area contributed by atoms with Gasteiger partial charge in [0.25, 0.3) is 0 Å². The van der Waals surface area contributed by atoms with E-state index in [1.807, 2.05) is 20.8 Å². The van der Waals surface area contributed by atoms with Crippen molar-refractivity contribution in [1.29, 1.82) is 0 Å². The van der Waals surface area contributed by atoms with E-state index in [0.29, 0.717) is 31.9 Å². The lowest BCUT2D eigenvalue weighted by molar-refractivity contribution is -0.178. The summed E-state index contributed by atoms with van der Waals surface area (Å²) in [6.45, 7) is 7.21. The van der Waals surface area contributed by atoms with Gasteiger partial charge in [-0.3, -0.25) is 4.79 Å². The summed E-state index contributed by atoms with van der Waals surface area (Å²) in [5.74, 6) is 0.155. The van der Waals surface area contributed by atoms with Crippen LogP contribution < -0.4 is 10.5 Å². The highest BCUT2D eigenvalue weighted by Gasteiger charge is 2.63. The van der Waals surface area contributed by atoms with Crippen LogP contribution in [0.4, 0.5) is 4.39 Å². The second kappa shape index (κ2) is 7.07. The maximum atomic E-state index is 12.8. The number of hydrogen-bond donors (Lipinski definition) is 1. The lowest BCUT2D eigenvalue weighted by Gasteiger charge is -2.58. The number of carbonyl (C=O) groups excluding carboxylic acids is 1. The molecule has 2 unspecified atom stereocenters. The number of nitrogens with two attached hydrogens (primary N) is 1. The Morgan fingerprint density at radius 3 is 2.54 bits per heavy atom. The van der Waals surface area contributed by atoms with Gasteiger partial charge in [-0.1, -0.05) is 13.8 Å². The fraction of sp³-hybridized carbons (Fsp3) is 0.611. The minimum absolute atomic E-state index is 0.000292. The van der Waals surface area contributed by atoms with Crippen LogP contribution in [0.3, 0.4) is 0 Å². The maximum absolute atomic E-state index is 12.8. The number of likely N-dealkylation sites (N-methyl/N-ethyl adjacent to an activating group) is 1. The predicted octanol–water partition coefficient (Wildman–Crippen LogP) is 2.20. The van der Waals surface area contributed by atoms with Crippen molar-refractivity contribution in [1.82, 2.24) is 4.90 Å². The van der Waals surface area contributed by atoms with Crippen LogP contribution in [0.5, 0.6) is 5.75 Å². The molecule has 1 saturated carbocycles. The molecule has 1 aliphatic carbocycles. The lowest BCUT2D eigenvalue weighted by atomic mass is 9.54. The van der Waals surface area contributed by atoms with E-state index < -0.39 is 11.0 Å². The molecule has 2 atom stereocenters. The van der Waals surface area contributed by atoms with Crippen molar-refractivity contribution >= 4 is 5.91 Å². The molecule has 6 heteroatoms. The number of hydrogen-bond acceptors (Lipinski definition) is 4. The molecular formula is C18H27FN2O3. The van der Waals surface area contributed by atoms with Crippen molar-refractivity contribution in [2.45, 2.75) is 38.8 Å². The summed E-state index contributed by atoms with van der Waals surface area (Å²) < 4.78 is 24.0. The molecule has 1 fully saturated rings. The fourth-order valence-corrected chi connectivity index (χ4v) is 3.07. The standard InChI is InChI=1S/C18H27FN2O3/c1-5-23-15-12-18(20,17(15,2)3)16(22)21(4)10-11-24-14-8-6-13(19)7-9-14/h6-9,15H,5,10-12,20H2,1-4H3. The number of carbonyl (C=O) groups is 1. The molecule has 1 amide bonds. The Bertz CT molecular complexity index is 576. The highest BCUT2D eigenvalue weighted by molar-refractivity contribution is 5.88. The molecule has 0 aromatic heterocycles. The minimum Gasteiger partial charge on any atom is -0.492 e. The highest BCUT2D eigenvalue weighted by Crippen LogP contribution is 2.50. The molecule has 2 N–H and O–H groups in total. The molecule has 24 heavy (non-hydrogen) atoms. The van der Waals surface area contributed by atoms with Crippen molar-refractivity contribution in [2.75, 3.05) is 26.8 Å². The Morgan fingerprint density at radius 2 is 2.00 bits per heavy atom. The average molecular weight is 338 g/mol. The van der Waals surface area contributed by atoms with Crippen molar-refractivity contribution in [3.05, 3.63) is 30.1 Å². The smallest absolute Gasteiger partial charge is 0.243 e. The van der Waals surface area contributed by atoms with Gasteiger partial charge in [0.1, 0.15) is 23.7 Å². The molecule has 1 aliphatic rings. The summed E-state index contributed by atoms with van der Waals surface area (Å²) in [7, 11) is 1.72. The van der Waals surface area contributed by atoms with Crippen LogP contribution in [0.2, 0.25) is 0 Å². The zero-order valence-corrected chi connectivity index (χ0v) is 14.8. The van der Waals surface area contributed by atoms with E-state index in [0.717, 1.165) is 0 Å². The normalized spacial score (nSPS) is 25.0. The molecular weight excluding hydrogens is 311 g/mol. The summed E-state index contributed by atoms with van der Waals surface area (Å²) in [5, 5.41) is 0. The van der Waals surface area contributed by atoms with Crippen LogP contribution in [0, 0.1) is 11.2 Å². The summed E-state index contributed by atoms with van der Waals surface area (Å²) in [5.41, 5.74) is 5.06. The maximum Gasteiger partial charge on any atom is 0.243 e. The number of amides is 1. The van der Waals surface area contributed by atoms with E-state index in [9.17, 15) is 9.18 Å². The van der Waals surface area contributed by atoms with Gasteiger partial charge in [0.2, 0.25) is 5.91 Å². The van der Waals surface area contributed by atoms with Gasteiger partial charge in [0, 0.05) is 25.5 Å². The SMILES string of the molecule is CCOC1CC(N)(C(=O)N(C)CCOc2ccc(F)cc2)C1(C)C. The van der Waals surface area contributed by atoms with Crippen LogP contribution in [0.25, 0.3) is 0 Å². The summed E-state index contributed by atoms with van der Waals surface area (Å²) in [4.78, 5) is 14.3. The highest BCUT2D eigenvalue weighted by atomic mass is 19.1. The van der Waals surface area contributed by atoms with E-state index in [1.165, 1.54) is 12.1 Å². The van der Waals surface area contributed by atoms with Gasteiger partial charge in [-0.05, 0) is 31.2 Å². The van der Waals surface area contributed by atoms with Crippen LogP contribution in [-0.2, 0) is 9.53 Å². The van der Waals surface area contributed by atoms with Gasteiger partial charge in [-0.15, -0.1) is 0 Å². The number of nitrogens with zero attached hydrogens (tertiary/aromatic N) is 1. The molecule has 134 valence electrons. The zero-order valence-electron chi connectivity index (χ0n) is 14.8. The van der Waals surface area contributed by atoms with E-state index in [1.54, 1.807) is 24.1 Å². The Morgan fingerprint density at radius 1 is 1.38 bits per heavy atom. The van der Waals surface area contributed by atoms with Crippen LogP contribution >= 0.6 is 0 Å². The monoisotopic (exact) mass is 338 g/mol. The third-order valence-electron chi connectivity index (χ3n) is 5.07. The molecule has 5 nitrogen and oxygen atoms in total. The molecule has 2 rings (SSSR count). The van der Waals surface area contributed by atoms with Crippen molar-refractivity contribution < 1.29 is 18.7 Å². The second-order valence-electron chi connectivity index (χ2n) is 6.87. The van der Waals surface area contributed by atoms with E-state index in [-0.39, 0.29) is 17.8 Å². The lowest BCUT2D eigenvalue weighted by Crippen LogP contribution is -2.75. The van der Waals surface area contributed by atoms with Crippen molar-refractivity contribution in [2.24, 2.45) is 11.1 Å². The van der Waals surface area contributed by atoms with Crippen LogP contribution in [-0.4, -0.2) is 49.3 Å². The molecule has 0 spiro atoms. The molecule has 0 radical (unpaired) electrons. The van der Waals surface area contributed by atoms with Gasteiger partial charge < -0.3 is 20.1 Å². The Balaban J connectivity index is 1.87. The van der Waals surface area contributed by atoms with Gasteiger partial charge in [0.15, 0.2) is 0 Å². The second-order valence-corrected chi connectivity index (χ2v) is 6.87. The molecule has 1 aromatic carbocycles. The summed E-state index contributed by atoms with van der Waals surface area (Å²) in [6, 6.07) is 5.79. The average Bonchev–Trinajstić information content (AvgIpc) is 2.55. The minimum atomic E-state index is -0.919. The molecule has 1 aromatic rings. The van der Waals surface area contributed by atoms with Crippen LogP contribution in [0.15, 0.2) is 24.3 Å². The Hall–Kier alpha value is -1.66. The van der Waals surface area contributed by atoms with Crippen molar-refractivity contribution in [3.8, 4) is 5.75 Å². The third-order valence-corrected chi connectivity index (χ3v) is 5.07. The third kappa shape index (κ3) is 3.39. The quantitative estimate of drug-likeness (QED) is 0.828. The Labute approximate surface area is 142 Å². The molecule has 0 aliphatic heterocycles. The van der Waals surface area contributed by atoms with Gasteiger partial charge in [-0.2, -0.15) is 0 Å². The largest absolute Gasteiger partial charge is 0.492 e. The predicted molar refractivity (Wildman–Crippen MR) is 90.3 cm³/mol. The number of rotatable bonds is 7. The molecule has 0 bridgehead atoms. The number of ether oxygens (including phenoxy) is 2. The first-order chi connectivity index (χ1) is 11.2. The van der Waals surface area contributed by atoms with E-state index in [4.69, 9.17) is 15.2 Å². The summed E-state index contributed by atoms with van der Waals surface area (Å²) >= 11 is 0. The van der Waals surface area contributed by atoms with E-state index >= 15 is 0 Å². The first kappa shape index (κ1) is 18.7. The Kier molecular flexibility index (Phi) is 5.50. The molecule has 0 heterocycles. The summed E-state index contributed by atoms with van der Waals surface area (Å²) in [6.07, 6.45) is 0.524. The topological polar surface area (TPSA) is 64.8 Å². The van der Waals surface area contributed by atoms with Crippen LogP contribution in [0.1, 0.15) is 27.2 Å². The van der Waals surface area contributed by atoms with Gasteiger partial charge in [-0.25, -0.2) is 4.39 Å². The number of halogens is 1. The zero-order chi connectivity index (χ0) is 18.0. The number of benzene rings is 1.